The van der Waals surface area contributed by atoms with Gasteiger partial charge < -0.3 is 16.0 Å². The molecule has 0 atom stereocenters. The summed E-state index contributed by atoms with van der Waals surface area (Å²) < 4.78 is 0. The van der Waals surface area contributed by atoms with Gasteiger partial charge in [0.1, 0.15) is 5.69 Å². The molecule has 29 heavy (non-hydrogen) atoms. The summed E-state index contributed by atoms with van der Waals surface area (Å²) in [5, 5.41) is 20.3. The van der Waals surface area contributed by atoms with Crippen LogP contribution in [0.3, 0.4) is 0 Å². The van der Waals surface area contributed by atoms with Crippen LogP contribution in [0.15, 0.2) is 73.1 Å². The highest BCUT2D eigenvalue weighted by Gasteiger charge is 2.16. The van der Waals surface area contributed by atoms with Crippen LogP contribution < -0.4 is 16.0 Å². The molecule has 0 bridgehead atoms. The number of carbonyl (C=O) groups is 1. The van der Waals surface area contributed by atoms with E-state index in [0.717, 1.165) is 11.3 Å². The molecule has 0 fully saturated rings. The van der Waals surface area contributed by atoms with E-state index in [1.165, 1.54) is 6.07 Å². The van der Waals surface area contributed by atoms with E-state index in [4.69, 9.17) is 0 Å². The van der Waals surface area contributed by atoms with E-state index >= 15 is 0 Å². The van der Waals surface area contributed by atoms with Crippen molar-refractivity contribution in [3.05, 3.63) is 88.7 Å². The van der Waals surface area contributed by atoms with Crippen molar-refractivity contribution in [2.45, 2.75) is 13.0 Å². The molecule has 148 valence electrons. The molecule has 1 heterocycles. The van der Waals surface area contributed by atoms with Crippen LogP contribution in [0.25, 0.3) is 0 Å². The Labute approximate surface area is 168 Å². The lowest BCUT2D eigenvalue weighted by Crippen LogP contribution is -2.21. The van der Waals surface area contributed by atoms with Crippen LogP contribution in [-0.2, 0) is 11.3 Å². The first-order chi connectivity index (χ1) is 14.1. The Morgan fingerprint density at radius 3 is 2.59 bits per heavy atom. The van der Waals surface area contributed by atoms with Gasteiger partial charge in [0.25, 0.3) is 5.69 Å². The number of carbonyl (C=O) groups excluding carboxylic acids is 1. The zero-order valence-corrected chi connectivity index (χ0v) is 15.7. The first-order valence-corrected chi connectivity index (χ1v) is 9.12. The van der Waals surface area contributed by atoms with Gasteiger partial charge in [-0.25, -0.2) is 0 Å². The maximum atomic E-state index is 12.1. The number of nitrogens with one attached hydrogen (secondary N) is 3. The number of nitro groups is 1. The topological polar surface area (TPSA) is 109 Å². The molecule has 1 amide bonds. The monoisotopic (exact) mass is 391 g/mol. The average molecular weight is 391 g/mol. The summed E-state index contributed by atoms with van der Waals surface area (Å²) in [6, 6.07) is 17.6. The van der Waals surface area contributed by atoms with Crippen molar-refractivity contribution < 1.29 is 9.72 Å². The van der Waals surface area contributed by atoms with E-state index in [1.807, 2.05) is 42.5 Å². The van der Waals surface area contributed by atoms with E-state index in [2.05, 4.69) is 20.9 Å². The standard InChI is InChI=1S/C21H21N5O3/c27-21(10-12-23-15-16-5-4-11-22-14-16)25-18-8-9-19(20(13-18)26(28)29)24-17-6-2-1-3-7-17/h1-9,11,13-14,23-24H,10,12,15H2,(H,25,27). The molecule has 8 heteroatoms. The Balaban J connectivity index is 1.55. The van der Waals surface area contributed by atoms with Gasteiger partial charge in [0.05, 0.1) is 4.92 Å². The molecular formula is C21H21N5O3. The van der Waals surface area contributed by atoms with Gasteiger partial charge in [0.15, 0.2) is 0 Å². The Bertz CT molecular complexity index is 965. The summed E-state index contributed by atoms with van der Waals surface area (Å²) in [6.07, 6.45) is 3.71. The first-order valence-electron chi connectivity index (χ1n) is 9.12. The number of rotatable bonds is 9. The van der Waals surface area contributed by atoms with Crippen molar-refractivity contribution in [2.75, 3.05) is 17.2 Å². The van der Waals surface area contributed by atoms with E-state index in [0.29, 0.717) is 24.5 Å². The zero-order chi connectivity index (χ0) is 20.5. The van der Waals surface area contributed by atoms with Crippen molar-refractivity contribution >= 4 is 28.7 Å². The van der Waals surface area contributed by atoms with Crippen molar-refractivity contribution in [3.63, 3.8) is 0 Å². The lowest BCUT2D eigenvalue weighted by molar-refractivity contribution is -0.383. The molecule has 3 aromatic rings. The quantitative estimate of drug-likeness (QED) is 0.290. The second kappa shape index (κ2) is 9.95. The van der Waals surface area contributed by atoms with Crippen molar-refractivity contribution in [1.82, 2.24) is 10.3 Å². The molecule has 0 unspecified atom stereocenters. The summed E-state index contributed by atoms with van der Waals surface area (Å²) >= 11 is 0. The van der Waals surface area contributed by atoms with Crippen LogP contribution in [0, 0.1) is 10.1 Å². The fourth-order valence-corrected chi connectivity index (χ4v) is 2.70. The Morgan fingerprint density at radius 1 is 1.03 bits per heavy atom. The normalized spacial score (nSPS) is 10.3. The maximum absolute atomic E-state index is 12.1. The fourth-order valence-electron chi connectivity index (χ4n) is 2.70. The average Bonchev–Trinajstić information content (AvgIpc) is 2.74. The number of para-hydroxylation sites is 1. The number of hydrogen-bond acceptors (Lipinski definition) is 6. The second-order valence-corrected chi connectivity index (χ2v) is 6.32. The predicted molar refractivity (Wildman–Crippen MR) is 112 cm³/mol. The third kappa shape index (κ3) is 6.12. The highest BCUT2D eigenvalue weighted by atomic mass is 16.6. The number of benzene rings is 2. The largest absolute Gasteiger partial charge is 0.350 e. The Hall–Kier alpha value is -3.78. The molecule has 0 aliphatic carbocycles. The van der Waals surface area contributed by atoms with Crippen molar-refractivity contribution in [1.29, 1.82) is 0 Å². The lowest BCUT2D eigenvalue weighted by atomic mass is 10.2. The second-order valence-electron chi connectivity index (χ2n) is 6.32. The highest BCUT2D eigenvalue weighted by Crippen LogP contribution is 2.30. The van der Waals surface area contributed by atoms with Gasteiger partial charge in [-0.2, -0.15) is 0 Å². The minimum Gasteiger partial charge on any atom is -0.350 e. The Kier molecular flexibility index (Phi) is 6.85. The van der Waals surface area contributed by atoms with E-state index in [1.54, 1.807) is 24.5 Å². The van der Waals surface area contributed by atoms with Gasteiger partial charge >= 0.3 is 0 Å². The minimum absolute atomic E-state index is 0.110. The first kappa shape index (κ1) is 20.0. The van der Waals surface area contributed by atoms with Gasteiger partial charge in [-0.15, -0.1) is 0 Å². The summed E-state index contributed by atoms with van der Waals surface area (Å²) in [4.78, 5) is 27.1. The smallest absolute Gasteiger partial charge is 0.294 e. The SMILES string of the molecule is O=C(CCNCc1cccnc1)Nc1ccc(Nc2ccccc2)c([N+](=O)[O-])c1. The van der Waals surface area contributed by atoms with Crippen molar-refractivity contribution in [3.8, 4) is 0 Å². The van der Waals surface area contributed by atoms with Crippen LogP contribution in [0.4, 0.5) is 22.7 Å². The van der Waals surface area contributed by atoms with E-state index in [-0.39, 0.29) is 18.0 Å². The lowest BCUT2D eigenvalue weighted by Gasteiger charge is -2.10. The number of amides is 1. The molecule has 0 saturated carbocycles. The van der Waals surface area contributed by atoms with Crippen LogP contribution in [0.5, 0.6) is 0 Å². The van der Waals surface area contributed by atoms with Gasteiger partial charge in [0.2, 0.25) is 5.91 Å². The Morgan fingerprint density at radius 2 is 1.86 bits per heavy atom. The molecule has 0 aliphatic rings. The molecule has 0 radical (unpaired) electrons. The number of hydrogen-bond donors (Lipinski definition) is 3. The van der Waals surface area contributed by atoms with Crippen molar-refractivity contribution in [2.24, 2.45) is 0 Å². The summed E-state index contributed by atoms with van der Waals surface area (Å²) in [6.45, 7) is 1.10. The molecule has 8 nitrogen and oxygen atoms in total. The molecule has 0 aliphatic heterocycles. The van der Waals surface area contributed by atoms with Crippen LogP contribution in [0.1, 0.15) is 12.0 Å². The number of pyridine rings is 1. The molecule has 0 saturated heterocycles. The molecule has 0 spiro atoms. The highest BCUT2D eigenvalue weighted by molar-refractivity contribution is 5.92. The zero-order valence-electron chi connectivity index (χ0n) is 15.7. The van der Waals surface area contributed by atoms with Crippen LogP contribution in [-0.4, -0.2) is 22.4 Å². The molecule has 3 N–H and O–H groups in total. The number of nitrogens with zero attached hydrogens (tertiary/aromatic N) is 2. The third-order valence-electron chi connectivity index (χ3n) is 4.11. The van der Waals surface area contributed by atoms with Gasteiger partial charge in [-0.05, 0) is 35.9 Å². The molecular weight excluding hydrogens is 370 g/mol. The summed E-state index contributed by atoms with van der Waals surface area (Å²) in [7, 11) is 0. The third-order valence-corrected chi connectivity index (χ3v) is 4.11. The summed E-state index contributed by atoms with van der Waals surface area (Å²) in [5.41, 5.74) is 2.41. The maximum Gasteiger partial charge on any atom is 0.294 e. The molecule has 1 aromatic heterocycles. The molecule has 3 rings (SSSR count). The van der Waals surface area contributed by atoms with Gasteiger partial charge in [-0.1, -0.05) is 24.3 Å². The predicted octanol–water partition coefficient (Wildman–Crippen LogP) is 3.85. The number of aromatic nitrogens is 1. The fraction of sp³-hybridized carbons (Fsp3) is 0.143. The summed E-state index contributed by atoms with van der Waals surface area (Å²) in [5.74, 6) is -0.221. The number of anilines is 3. The van der Waals surface area contributed by atoms with Crippen LogP contribution >= 0.6 is 0 Å². The van der Waals surface area contributed by atoms with E-state index < -0.39 is 4.92 Å². The van der Waals surface area contributed by atoms with Gasteiger partial charge in [0, 0.05) is 49.3 Å². The molecule has 2 aromatic carbocycles. The van der Waals surface area contributed by atoms with E-state index in [9.17, 15) is 14.9 Å². The van der Waals surface area contributed by atoms with Crippen LogP contribution in [0.2, 0.25) is 0 Å². The van der Waals surface area contributed by atoms with Gasteiger partial charge in [-0.3, -0.25) is 19.9 Å². The minimum atomic E-state index is -0.476. The number of nitro benzene ring substituents is 1.